The molecule has 0 aliphatic rings. The van der Waals surface area contributed by atoms with Gasteiger partial charge >= 0.3 is 0 Å². The summed E-state index contributed by atoms with van der Waals surface area (Å²) in [5, 5.41) is 18.3. The van der Waals surface area contributed by atoms with Crippen molar-refractivity contribution in [2.75, 3.05) is 0 Å². The zero-order chi connectivity index (χ0) is 9.14. The van der Waals surface area contributed by atoms with E-state index in [-0.39, 0.29) is 17.5 Å². The van der Waals surface area contributed by atoms with Crippen LogP contribution >= 0.6 is 0 Å². The SMILES string of the molecule is CC(N)Cc1ccc(O)cc1O. The molecule has 0 aliphatic heterocycles. The number of benzene rings is 1. The van der Waals surface area contributed by atoms with Crippen LogP contribution in [0.25, 0.3) is 0 Å². The van der Waals surface area contributed by atoms with Gasteiger partial charge in [0, 0.05) is 12.1 Å². The van der Waals surface area contributed by atoms with Gasteiger partial charge in [0.25, 0.3) is 0 Å². The maximum atomic E-state index is 9.32. The van der Waals surface area contributed by atoms with Crippen LogP contribution in [-0.4, -0.2) is 16.3 Å². The fourth-order valence-corrected chi connectivity index (χ4v) is 1.07. The third-order valence-electron chi connectivity index (χ3n) is 1.61. The van der Waals surface area contributed by atoms with Crippen LogP contribution in [0.3, 0.4) is 0 Å². The van der Waals surface area contributed by atoms with Crippen LogP contribution in [-0.2, 0) is 6.42 Å². The van der Waals surface area contributed by atoms with Gasteiger partial charge in [-0.1, -0.05) is 6.07 Å². The molecule has 0 heterocycles. The van der Waals surface area contributed by atoms with E-state index in [4.69, 9.17) is 10.8 Å². The Morgan fingerprint density at radius 1 is 1.42 bits per heavy atom. The largest absolute Gasteiger partial charge is 0.508 e. The minimum Gasteiger partial charge on any atom is -0.508 e. The summed E-state index contributed by atoms with van der Waals surface area (Å²) in [6, 6.07) is 4.55. The molecule has 1 aromatic carbocycles. The first-order valence-corrected chi connectivity index (χ1v) is 3.86. The Morgan fingerprint density at radius 3 is 2.58 bits per heavy atom. The Labute approximate surface area is 71.5 Å². The van der Waals surface area contributed by atoms with Crippen molar-refractivity contribution in [3.8, 4) is 11.5 Å². The summed E-state index contributed by atoms with van der Waals surface area (Å²) in [7, 11) is 0. The first kappa shape index (κ1) is 8.87. The number of aromatic hydroxyl groups is 2. The number of nitrogens with two attached hydrogens (primary N) is 1. The van der Waals surface area contributed by atoms with E-state index in [9.17, 15) is 5.11 Å². The molecule has 1 unspecified atom stereocenters. The van der Waals surface area contributed by atoms with Gasteiger partial charge in [-0.15, -0.1) is 0 Å². The molecule has 0 saturated carbocycles. The average Bonchev–Trinajstić information content (AvgIpc) is 1.94. The quantitative estimate of drug-likeness (QED) is 0.615. The minimum absolute atomic E-state index is 0.0143. The van der Waals surface area contributed by atoms with Crippen LogP contribution in [0.4, 0.5) is 0 Å². The molecule has 1 aromatic rings. The Morgan fingerprint density at radius 2 is 2.08 bits per heavy atom. The summed E-state index contributed by atoms with van der Waals surface area (Å²) in [5.74, 6) is 0.174. The van der Waals surface area contributed by atoms with E-state index in [0.717, 1.165) is 5.56 Å². The van der Waals surface area contributed by atoms with Crippen molar-refractivity contribution in [2.45, 2.75) is 19.4 Å². The molecule has 3 nitrogen and oxygen atoms in total. The van der Waals surface area contributed by atoms with E-state index < -0.39 is 0 Å². The first-order valence-electron chi connectivity index (χ1n) is 3.86. The summed E-state index contributed by atoms with van der Waals surface area (Å²) in [4.78, 5) is 0. The fourth-order valence-electron chi connectivity index (χ4n) is 1.07. The van der Waals surface area contributed by atoms with Crippen LogP contribution < -0.4 is 5.73 Å². The summed E-state index contributed by atoms with van der Waals surface area (Å²) in [6.45, 7) is 1.87. The van der Waals surface area contributed by atoms with Crippen molar-refractivity contribution in [1.82, 2.24) is 0 Å². The number of hydrogen-bond donors (Lipinski definition) is 3. The Bertz CT molecular complexity index is 271. The van der Waals surface area contributed by atoms with Crippen molar-refractivity contribution in [2.24, 2.45) is 5.73 Å². The van der Waals surface area contributed by atoms with Crippen molar-refractivity contribution in [1.29, 1.82) is 0 Å². The van der Waals surface area contributed by atoms with E-state index in [1.165, 1.54) is 12.1 Å². The molecule has 1 rings (SSSR count). The Hall–Kier alpha value is -1.22. The van der Waals surface area contributed by atoms with Crippen molar-refractivity contribution < 1.29 is 10.2 Å². The van der Waals surface area contributed by atoms with Gasteiger partial charge < -0.3 is 15.9 Å². The first-order chi connectivity index (χ1) is 5.59. The summed E-state index contributed by atoms with van der Waals surface area (Å²) in [6.07, 6.45) is 0.617. The van der Waals surface area contributed by atoms with E-state index in [1.807, 2.05) is 6.92 Å². The van der Waals surface area contributed by atoms with Gasteiger partial charge in [-0.05, 0) is 25.0 Å². The molecule has 0 amide bonds. The van der Waals surface area contributed by atoms with Gasteiger partial charge in [0.15, 0.2) is 0 Å². The predicted molar refractivity (Wildman–Crippen MR) is 47.1 cm³/mol. The minimum atomic E-state index is 0.0143. The maximum Gasteiger partial charge on any atom is 0.122 e. The second kappa shape index (κ2) is 3.45. The maximum absolute atomic E-state index is 9.32. The molecule has 66 valence electrons. The standard InChI is InChI=1S/C9H13NO2/c1-6(10)4-7-2-3-8(11)5-9(7)12/h2-3,5-6,11-12H,4,10H2,1H3. The molecule has 0 radical (unpaired) electrons. The van der Waals surface area contributed by atoms with Crippen LogP contribution in [0, 0.1) is 0 Å². The molecule has 0 spiro atoms. The van der Waals surface area contributed by atoms with E-state index >= 15 is 0 Å². The molecule has 0 saturated heterocycles. The number of phenols is 2. The highest BCUT2D eigenvalue weighted by Crippen LogP contribution is 2.23. The summed E-state index contributed by atoms with van der Waals surface area (Å²) < 4.78 is 0. The topological polar surface area (TPSA) is 66.5 Å². The summed E-state index contributed by atoms with van der Waals surface area (Å²) >= 11 is 0. The van der Waals surface area contributed by atoms with E-state index in [1.54, 1.807) is 6.07 Å². The van der Waals surface area contributed by atoms with Crippen LogP contribution in [0.15, 0.2) is 18.2 Å². The highest BCUT2D eigenvalue weighted by atomic mass is 16.3. The van der Waals surface area contributed by atoms with Crippen molar-refractivity contribution in [3.63, 3.8) is 0 Å². The lowest BCUT2D eigenvalue weighted by Crippen LogP contribution is -2.17. The molecular weight excluding hydrogens is 154 g/mol. The van der Waals surface area contributed by atoms with Gasteiger partial charge in [-0.2, -0.15) is 0 Å². The monoisotopic (exact) mass is 167 g/mol. The molecular formula is C9H13NO2. The zero-order valence-corrected chi connectivity index (χ0v) is 6.99. The number of rotatable bonds is 2. The van der Waals surface area contributed by atoms with E-state index in [2.05, 4.69) is 0 Å². The Kier molecular flexibility index (Phi) is 2.55. The van der Waals surface area contributed by atoms with Gasteiger partial charge in [-0.25, -0.2) is 0 Å². The third-order valence-corrected chi connectivity index (χ3v) is 1.61. The molecule has 12 heavy (non-hydrogen) atoms. The lowest BCUT2D eigenvalue weighted by molar-refractivity contribution is 0.444. The molecule has 0 bridgehead atoms. The smallest absolute Gasteiger partial charge is 0.122 e. The lowest BCUT2D eigenvalue weighted by Gasteiger charge is -2.07. The average molecular weight is 167 g/mol. The summed E-state index contributed by atoms with van der Waals surface area (Å²) in [5.41, 5.74) is 6.32. The number of phenolic OH excluding ortho intramolecular Hbond substituents is 2. The molecule has 0 aromatic heterocycles. The van der Waals surface area contributed by atoms with Gasteiger partial charge in [0.05, 0.1) is 0 Å². The highest BCUT2D eigenvalue weighted by Gasteiger charge is 2.03. The van der Waals surface area contributed by atoms with Crippen LogP contribution in [0.1, 0.15) is 12.5 Å². The Balaban J connectivity index is 2.86. The van der Waals surface area contributed by atoms with E-state index in [0.29, 0.717) is 6.42 Å². The number of hydrogen-bond acceptors (Lipinski definition) is 3. The second-order valence-electron chi connectivity index (χ2n) is 2.99. The lowest BCUT2D eigenvalue weighted by atomic mass is 10.1. The molecule has 0 fully saturated rings. The molecule has 0 aliphatic carbocycles. The predicted octanol–water partition coefficient (Wildman–Crippen LogP) is 0.987. The third kappa shape index (κ3) is 2.13. The molecule has 3 heteroatoms. The zero-order valence-electron chi connectivity index (χ0n) is 6.99. The van der Waals surface area contributed by atoms with Crippen molar-refractivity contribution in [3.05, 3.63) is 23.8 Å². The van der Waals surface area contributed by atoms with Crippen LogP contribution in [0.2, 0.25) is 0 Å². The second-order valence-corrected chi connectivity index (χ2v) is 2.99. The van der Waals surface area contributed by atoms with Gasteiger partial charge in [-0.3, -0.25) is 0 Å². The normalized spacial score (nSPS) is 12.8. The van der Waals surface area contributed by atoms with Crippen LogP contribution in [0.5, 0.6) is 11.5 Å². The fraction of sp³-hybridized carbons (Fsp3) is 0.333. The van der Waals surface area contributed by atoms with Crippen molar-refractivity contribution >= 4 is 0 Å². The van der Waals surface area contributed by atoms with Gasteiger partial charge in [0.1, 0.15) is 11.5 Å². The highest BCUT2D eigenvalue weighted by molar-refractivity contribution is 5.39. The molecule has 1 atom stereocenters. The molecule has 4 N–H and O–H groups in total. The van der Waals surface area contributed by atoms with Gasteiger partial charge in [0.2, 0.25) is 0 Å².